The number of pyridine rings is 2. The van der Waals surface area contributed by atoms with Crippen molar-refractivity contribution in [3.05, 3.63) is 30.2 Å². The molecule has 26 heavy (non-hydrogen) atoms. The molecule has 0 unspecified atom stereocenters. The predicted molar refractivity (Wildman–Crippen MR) is 98.9 cm³/mol. The maximum absolute atomic E-state index is 9.54. The molecule has 2 aliphatic rings. The zero-order valence-corrected chi connectivity index (χ0v) is 14.6. The molecule has 132 valence electrons. The molecule has 3 aromatic rings. The molecule has 6 heteroatoms. The number of piperidine rings is 1. The summed E-state index contributed by atoms with van der Waals surface area (Å²) < 4.78 is 6.37. The molecular weight excluding hydrogens is 326 g/mol. The average Bonchev–Trinajstić information content (AvgIpc) is 3.40. The summed E-state index contributed by atoms with van der Waals surface area (Å²) in [6.07, 6.45) is 8.36. The summed E-state index contributed by atoms with van der Waals surface area (Å²) in [6, 6.07) is 6.11. The molecule has 1 N–H and O–H groups in total. The lowest BCUT2D eigenvalue weighted by atomic mass is 10.1. The van der Waals surface area contributed by atoms with E-state index in [1.165, 1.54) is 19.4 Å². The number of hydrogen-bond donors (Lipinski definition) is 1. The van der Waals surface area contributed by atoms with E-state index >= 15 is 0 Å². The topological polar surface area (TPSA) is 77.8 Å². The molecule has 0 amide bonds. The molecule has 2 fully saturated rings. The number of aromatic amines is 1. The highest BCUT2D eigenvalue weighted by Gasteiger charge is 2.28. The molecule has 1 saturated carbocycles. The molecule has 4 heterocycles. The molecule has 0 radical (unpaired) electrons. The van der Waals surface area contributed by atoms with Crippen LogP contribution < -0.4 is 4.74 Å². The molecule has 1 aliphatic heterocycles. The molecule has 0 aromatic carbocycles. The summed E-state index contributed by atoms with van der Waals surface area (Å²) in [6.45, 7) is 3.38. The lowest BCUT2D eigenvalue weighted by Gasteiger charge is -2.32. The molecule has 3 aromatic heterocycles. The largest absolute Gasteiger partial charge is 0.487 e. The van der Waals surface area contributed by atoms with E-state index < -0.39 is 0 Å². The minimum absolute atomic E-state index is 0.131. The van der Waals surface area contributed by atoms with E-state index in [2.05, 4.69) is 25.9 Å². The van der Waals surface area contributed by atoms with Crippen molar-refractivity contribution < 1.29 is 4.74 Å². The Morgan fingerprint density at radius 3 is 2.85 bits per heavy atom. The number of H-pyrrole nitrogens is 1. The fourth-order valence-electron chi connectivity index (χ4n) is 3.93. The third kappa shape index (κ3) is 2.78. The number of fused-ring (bicyclic) bond motifs is 3. The van der Waals surface area contributed by atoms with Crippen molar-refractivity contribution in [3.8, 4) is 11.8 Å². The van der Waals surface area contributed by atoms with Gasteiger partial charge in [0.05, 0.1) is 17.1 Å². The summed E-state index contributed by atoms with van der Waals surface area (Å²) >= 11 is 0. The van der Waals surface area contributed by atoms with Crippen molar-refractivity contribution in [2.24, 2.45) is 5.92 Å². The van der Waals surface area contributed by atoms with Gasteiger partial charge in [-0.25, -0.2) is 9.97 Å². The zero-order valence-electron chi connectivity index (χ0n) is 14.6. The minimum atomic E-state index is 0.131. The second-order valence-corrected chi connectivity index (χ2v) is 7.42. The van der Waals surface area contributed by atoms with E-state index in [9.17, 15) is 5.26 Å². The predicted octanol–water partition coefficient (Wildman–Crippen LogP) is 3.24. The fraction of sp³-hybridized carbons (Fsp3) is 0.450. The van der Waals surface area contributed by atoms with Crippen LogP contribution in [0, 0.1) is 17.2 Å². The molecule has 0 bridgehead atoms. The zero-order chi connectivity index (χ0) is 17.5. The quantitative estimate of drug-likeness (QED) is 0.784. The Labute approximate surface area is 151 Å². The molecule has 1 saturated heterocycles. The second kappa shape index (κ2) is 6.26. The van der Waals surface area contributed by atoms with Gasteiger partial charge in [0.1, 0.15) is 17.8 Å². The summed E-state index contributed by atoms with van der Waals surface area (Å²) in [7, 11) is 0. The van der Waals surface area contributed by atoms with E-state index in [1.807, 2.05) is 12.1 Å². The smallest absolute Gasteiger partial charge is 0.183 e. The monoisotopic (exact) mass is 347 g/mol. The van der Waals surface area contributed by atoms with E-state index in [4.69, 9.17) is 4.74 Å². The Kier molecular flexibility index (Phi) is 3.75. The Balaban J connectivity index is 1.45. The first-order valence-corrected chi connectivity index (χ1v) is 9.36. The fourth-order valence-corrected chi connectivity index (χ4v) is 3.93. The van der Waals surface area contributed by atoms with Gasteiger partial charge < -0.3 is 14.6 Å². The second-order valence-electron chi connectivity index (χ2n) is 7.42. The van der Waals surface area contributed by atoms with Crippen molar-refractivity contribution >= 4 is 21.9 Å². The van der Waals surface area contributed by atoms with Crippen molar-refractivity contribution in [2.75, 3.05) is 19.6 Å². The molecule has 5 rings (SSSR count). The standard InChI is InChI=1S/C20H21N5O/c21-10-16-19(26-14-5-8-25(9-6-14)12-13-3-4-13)18-15-2-1-7-22-20(15)24-17(18)11-23-16/h1-2,7,11,13-14H,3-6,8-9,12H2,(H,22,24). The Morgan fingerprint density at radius 2 is 2.08 bits per heavy atom. The molecular formula is C20H21N5O. The third-order valence-electron chi connectivity index (χ3n) is 5.50. The van der Waals surface area contributed by atoms with Crippen LogP contribution in [0.25, 0.3) is 21.9 Å². The Hall–Kier alpha value is -2.65. The number of hydrogen-bond acceptors (Lipinski definition) is 5. The van der Waals surface area contributed by atoms with Crippen molar-refractivity contribution in [1.29, 1.82) is 5.26 Å². The number of ether oxygens (including phenoxy) is 1. The molecule has 0 atom stereocenters. The van der Waals surface area contributed by atoms with Crippen molar-refractivity contribution in [2.45, 2.75) is 31.8 Å². The number of nitrogens with one attached hydrogen (secondary N) is 1. The van der Waals surface area contributed by atoms with Gasteiger partial charge >= 0.3 is 0 Å². The van der Waals surface area contributed by atoms with Crippen LogP contribution in [0.2, 0.25) is 0 Å². The van der Waals surface area contributed by atoms with Crippen molar-refractivity contribution in [3.63, 3.8) is 0 Å². The Morgan fingerprint density at radius 1 is 1.23 bits per heavy atom. The molecule has 1 aliphatic carbocycles. The van der Waals surface area contributed by atoms with Gasteiger partial charge in [-0.1, -0.05) is 0 Å². The van der Waals surface area contributed by atoms with E-state index in [0.717, 1.165) is 53.8 Å². The van der Waals surface area contributed by atoms with Crippen LogP contribution in [0.15, 0.2) is 24.5 Å². The number of rotatable bonds is 4. The van der Waals surface area contributed by atoms with Crippen LogP contribution in [-0.4, -0.2) is 45.6 Å². The number of likely N-dealkylation sites (tertiary alicyclic amines) is 1. The van der Waals surface area contributed by atoms with Gasteiger partial charge in [-0.05, 0) is 43.7 Å². The van der Waals surface area contributed by atoms with Crippen LogP contribution in [-0.2, 0) is 0 Å². The lowest BCUT2D eigenvalue weighted by Crippen LogP contribution is -2.39. The maximum Gasteiger partial charge on any atom is 0.183 e. The highest BCUT2D eigenvalue weighted by molar-refractivity contribution is 6.09. The van der Waals surface area contributed by atoms with Crippen LogP contribution >= 0.6 is 0 Å². The maximum atomic E-state index is 9.54. The van der Waals surface area contributed by atoms with E-state index in [1.54, 1.807) is 12.4 Å². The normalized spacial score (nSPS) is 19.0. The van der Waals surface area contributed by atoms with Gasteiger partial charge in [-0.2, -0.15) is 5.26 Å². The highest BCUT2D eigenvalue weighted by atomic mass is 16.5. The molecule has 6 nitrogen and oxygen atoms in total. The summed E-state index contributed by atoms with van der Waals surface area (Å²) in [5.74, 6) is 1.53. The van der Waals surface area contributed by atoms with Crippen LogP contribution in [0.5, 0.6) is 5.75 Å². The van der Waals surface area contributed by atoms with Gasteiger partial charge in [0.25, 0.3) is 0 Å². The number of nitriles is 1. The van der Waals surface area contributed by atoms with Gasteiger partial charge in [0, 0.05) is 31.2 Å². The SMILES string of the molecule is N#Cc1ncc2[nH]c3ncccc3c2c1OC1CCN(CC2CC2)CC1. The number of nitrogens with zero attached hydrogens (tertiary/aromatic N) is 4. The van der Waals surface area contributed by atoms with Crippen LogP contribution in [0.3, 0.4) is 0 Å². The van der Waals surface area contributed by atoms with Crippen LogP contribution in [0.4, 0.5) is 0 Å². The first-order chi connectivity index (χ1) is 12.8. The van der Waals surface area contributed by atoms with Crippen molar-refractivity contribution in [1.82, 2.24) is 19.9 Å². The van der Waals surface area contributed by atoms with Gasteiger partial charge in [0.15, 0.2) is 11.4 Å². The minimum Gasteiger partial charge on any atom is -0.487 e. The van der Waals surface area contributed by atoms with Gasteiger partial charge in [0.2, 0.25) is 0 Å². The average molecular weight is 347 g/mol. The summed E-state index contributed by atoms with van der Waals surface area (Å²) in [5, 5.41) is 11.4. The summed E-state index contributed by atoms with van der Waals surface area (Å²) in [5.41, 5.74) is 2.00. The third-order valence-corrected chi connectivity index (χ3v) is 5.50. The first-order valence-electron chi connectivity index (χ1n) is 9.36. The summed E-state index contributed by atoms with van der Waals surface area (Å²) in [4.78, 5) is 14.5. The van der Waals surface area contributed by atoms with Crippen LogP contribution in [0.1, 0.15) is 31.4 Å². The molecule has 0 spiro atoms. The van der Waals surface area contributed by atoms with E-state index in [0.29, 0.717) is 11.4 Å². The van der Waals surface area contributed by atoms with Gasteiger partial charge in [-0.3, -0.25) is 0 Å². The first kappa shape index (κ1) is 15.6. The van der Waals surface area contributed by atoms with Gasteiger partial charge in [-0.15, -0.1) is 0 Å². The number of aromatic nitrogens is 3. The Bertz CT molecular complexity index is 993. The highest BCUT2D eigenvalue weighted by Crippen LogP contribution is 2.36. The lowest BCUT2D eigenvalue weighted by molar-refractivity contribution is 0.0987. The van der Waals surface area contributed by atoms with E-state index in [-0.39, 0.29) is 6.10 Å².